The third-order valence-corrected chi connectivity index (χ3v) is 3.32. The van der Waals surface area contributed by atoms with E-state index in [9.17, 15) is 4.79 Å². The standard InChI is InChI=1S/C8H6Br2ClNO/c9-3-6(13)7-5(12)2-1-4(10)8(7)11/h1-2H,3,12H2. The molecule has 1 aromatic rings. The Kier molecular flexibility index (Phi) is 3.76. The SMILES string of the molecule is Nc1ccc(Br)c(Cl)c1C(=O)CBr. The minimum Gasteiger partial charge on any atom is -0.398 e. The molecule has 0 saturated heterocycles. The lowest BCUT2D eigenvalue weighted by Gasteiger charge is -2.06. The van der Waals surface area contributed by atoms with Gasteiger partial charge in [0, 0.05) is 10.2 Å². The Bertz CT molecular complexity index is 354. The summed E-state index contributed by atoms with van der Waals surface area (Å²) in [6.45, 7) is 0. The zero-order chi connectivity index (χ0) is 10.0. The molecule has 0 atom stereocenters. The molecule has 0 aliphatic rings. The van der Waals surface area contributed by atoms with Crippen LogP contribution in [-0.2, 0) is 0 Å². The van der Waals surface area contributed by atoms with Crippen LogP contribution in [0.5, 0.6) is 0 Å². The van der Waals surface area contributed by atoms with Gasteiger partial charge in [0.15, 0.2) is 5.78 Å². The molecule has 13 heavy (non-hydrogen) atoms. The summed E-state index contributed by atoms with van der Waals surface area (Å²) in [5.41, 5.74) is 6.39. The molecular formula is C8H6Br2ClNO. The average molecular weight is 327 g/mol. The number of benzene rings is 1. The number of hydrogen-bond donors (Lipinski definition) is 1. The van der Waals surface area contributed by atoms with Crippen molar-refractivity contribution >= 4 is 54.9 Å². The van der Waals surface area contributed by atoms with E-state index in [1.807, 2.05) is 0 Å². The second-order valence-corrected chi connectivity index (χ2v) is 4.18. The van der Waals surface area contributed by atoms with E-state index in [1.165, 1.54) is 0 Å². The van der Waals surface area contributed by atoms with Crippen LogP contribution in [0.3, 0.4) is 0 Å². The normalized spacial score (nSPS) is 10.1. The summed E-state index contributed by atoms with van der Waals surface area (Å²) in [6, 6.07) is 3.36. The minimum atomic E-state index is -0.121. The molecule has 2 nitrogen and oxygen atoms in total. The first-order chi connectivity index (χ1) is 6.07. The van der Waals surface area contributed by atoms with Crippen molar-refractivity contribution in [1.29, 1.82) is 0 Å². The summed E-state index contributed by atoms with van der Waals surface area (Å²) in [6.07, 6.45) is 0. The minimum absolute atomic E-state index is 0.121. The molecule has 0 unspecified atom stereocenters. The maximum atomic E-state index is 11.4. The molecule has 5 heteroatoms. The summed E-state index contributed by atoms with van der Waals surface area (Å²) in [5.74, 6) is -0.121. The highest BCUT2D eigenvalue weighted by Gasteiger charge is 2.14. The van der Waals surface area contributed by atoms with Gasteiger partial charge < -0.3 is 5.73 Å². The Morgan fingerprint density at radius 3 is 2.69 bits per heavy atom. The van der Waals surface area contributed by atoms with Crippen LogP contribution in [0, 0.1) is 0 Å². The van der Waals surface area contributed by atoms with Crippen molar-refractivity contribution in [3.63, 3.8) is 0 Å². The van der Waals surface area contributed by atoms with Crippen LogP contribution >= 0.6 is 43.5 Å². The van der Waals surface area contributed by atoms with Crippen molar-refractivity contribution in [3.8, 4) is 0 Å². The van der Waals surface area contributed by atoms with Crippen molar-refractivity contribution in [2.24, 2.45) is 0 Å². The van der Waals surface area contributed by atoms with Gasteiger partial charge in [-0.25, -0.2) is 0 Å². The van der Waals surface area contributed by atoms with E-state index in [-0.39, 0.29) is 11.1 Å². The van der Waals surface area contributed by atoms with Gasteiger partial charge in [-0.05, 0) is 28.1 Å². The quantitative estimate of drug-likeness (QED) is 0.515. The molecule has 0 aromatic heterocycles. The van der Waals surface area contributed by atoms with Gasteiger partial charge in [0.1, 0.15) is 0 Å². The molecule has 0 saturated carbocycles. The monoisotopic (exact) mass is 325 g/mol. The molecule has 2 N–H and O–H groups in total. The smallest absolute Gasteiger partial charge is 0.176 e. The molecule has 70 valence electrons. The van der Waals surface area contributed by atoms with Gasteiger partial charge in [-0.2, -0.15) is 0 Å². The predicted molar refractivity (Wildman–Crippen MR) is 61.7 cm³/mol. The van der Waals surface area contributed by atoms with Gasteiger partial charge in [-0.1, -0.05) is 27.5 Å². The predicted octanol–water partition coefficient (Wildman–Crippen LogP) is 3.26. The van der Waals surface area contributed by atoms with Gasteiger partial charge in [-0.15, -0.1) is 0 Å². The average Bonchev–Trinajstić information content (AvgIpc) is 2.12. The number of rotatable bonds is 2. The van der Waals surface area contributed by atoms with E-state index < -0.39 is 0 Å². The van der Waals surface area contributed by atoms with E-state index >= 15 is 0 Å². The Labute approximate surface area is 97.7 Å². The van der Waals surface area contributed by atoms with Gasteiger partial charge >= 0.3 is 0 Å². The number of carbonyl (C=O) groups is 1. The second-order valence-electron chi connectivity index (χ2n) is 2.38. The molecule has 0 radical (unpaired) electrons. The number of carbonyl (C=O) groups excluding carboxylic acids is 1. The molecular weight excluding hydrogens is 321 g/mol. The topological polar surface area (TPSA) is 43.1 Å². The van der Waals surface area contributed by atoms with E-state index in [0.717, 1.165) is 0 Å². The molecule has 1 rings (SSSR count). The van der Waals surface area contributed by atoms with Crippen LogP contribution in [0.25, 0.3) is 0 Å². The fourth-order valence-corrected chi connectivity index (χ4v) is 1.80. The Morgan fingerprint density at radius 1 is 1.54 bits per heavy atom. The number of nitrogens with two attached hydrogens (primary N) is 1. The van der Waals surface area contributed by atoms with E-state index in [4.69, 9.17) is 17.3 Å². The van der Waals surface area contributed by atoms with Crippen LogP contribution in [0.2, 0.25) is 5.02 Å². The Hall–Kier alpha value is -0.0600. The summed E-state index contributed by atoms with van der Waals surface area (Å²) in [7, 11) is 0. The van der Waals surface area contributed by atoms with E-state index in [0.29, 0.717) is 20.7 Å². The molecule has 0 heterocycles. The van der Waals surface area contributed by atoms with Gasteiger partial charge in [-0.3, -0.25) is 4.79 Å². The number of Topliss-reactive ketones (excluding diaryl/α,β-unsaturated/α-hetero) is 1. The van der Waals surface area contributed by atoms with Crippen LogP contribution < -0.4 is 5.73 Å². The van der Waals surface area contributed by atoms with Crippen LogP contribution in [0.4, 0.5) is 5.69 Å². The summed E-state index contributed by atoms with van der Waals surface area (Å²) >= 11 is 12.2. The lowest BCUT2D eigenvalue weighted by molar-refractivity contribution is 0.102. The number of anilines is 1. The fourth-order valence-electron chi connectivity index (χ4n) is 0.916. The Balaban J connectivity index is 3.33. The summed E-state index contributed by atoms with van der Waals surface area (Å²) < 4.78 is 0.674. The fraction of sp³-hybridized carbons (Fsp3) is 0.125. The van der Waals surface area contributed by atoms with Crippen LogP contribution in [0.15, 0.2) is 16.6 Å². The molecule has 0 amide bonds. The third-order valence-electron chi connectivity index (χ3n) is 1.53. The number of ketones is 1. The molecule has 0 aliphatic carbocycles. The molecule has 0 spiro atoms. The largest absolute Gasteiger partial charge is 0.398 e. The van der Waals surface area contributed by atoms with Crippen LogP contribution in [0.1, 0.15) is 10.4 Å². The molecule has 0 bridgehead atoms. The number of halogens is 3. The third kappa shape index (κ3) is 2.24. The number of alkyl halides is 1. The zero-order valence-corrected chi connectivity index (χ0v) is 10.4. The molecule has 1 aromatic carbocycles. The van der Waals surface area contributed by atoms with E-state index in [2.05, 4.69) is 31.9 Å². The molecule has 0 fully saturated rings. The number of nitrogen functional groups attached to an aromatic ring is 1. The maximum Gasteiger partial charge on any atom is 0.176 e. The maximum absolute atomic E-state index is 11.4. The van der Waals surface area contributed by atoms with Crippen molar-refractivity contribution in [3.05, 3.63) is 27.2 Å². The van der Waals surface area contributed by atoms with Crippen molar-refractivity contribution < 1.29 is 4.79 Å². The van der Waals surface area contributed by atoms with Gasteiger partial charge in [0.25, 0.3) is 0 Å². The first-order valence-electron chi connectivity index (χ1n) is 3.40. The lowest BCUT2D eigenvalue weighted by atomic mass is 10.1. The van der Waals surface area contributed by atoms with E-state index in [1.54, 1.807) is 12.1 Å². The first-order valence-corrected chi connectivity index (χ1v) is 5.69. The first kappa shape index (κ1) is 11.0. The zero-order valence-electron chi connectivity index (χ0n) is 6.48. The van der Waals surface area contributed by atoms with Crippen molar-refractivity contribution in [1.82, 2.24) is 0 Å². The van der Waals surface area contributed by atoms with Crippen molar-refractivity contribution in [2.75, 3.05) is 11.1 Å². The summed E-state index contributed by atoms with van der Waals surface area (Å²) in [5, 5.41) is 0.581. The molecule has 0 aliphatic heterocycles. The number of hydrogen-bond acceptors (Lipinski definition) is 2. The highest BCUT2D eigenvalue weighted by Crippen LogP contribution is 2.30. The highest BCUT2D eigenvalue weighted by atomic mass is 79.9. The lowest BCUT2D eigenvalue weighted by Crippen LogP contribution is -2.05. The highest BCUT2D eigenvalue weighted by molar-refractivity contribution is 9.10. The second kappa shape index (κ2) is 4.44. The van der Waals surface area contributed by atoms with Crippen molar-refractivity contribution in [2.45, 2.75) is 0 Å². The van der Waals surface area contributed by atoms with Gasteiger partial charge in [0.05, 0.1) is 15.9 Å². The Morgan fingerprint density at radius 2 is 2.15 bits per heavy atom. The van der Waals surface area contributed by atoms with Crippen LogP contribution in [-0.4, -0.2) is 11.1 Å². The summed E-state index contributed by atoms with van der Waals surface area (Å²) in [4.78, 5) is 11.4. The van der Waals surface area contributed by atoms with Gasteiger partial charge in [0.2, 0.25) is 0 Å².